The summed E-state index contributed by atoms with van der Waals surface area (Å²) in [5.74, 6) is -0.00969. The standard InChI is InChI=1S/C17H20FNO/c1-2-9-17(10-5-11-17)16(20)19-12-8-15(19)13-6-3-4-7-14(13)18/h2-4,6-7,15H,1,5,8-12H2. The van der Waals surface area contributed by atoms with Crippen molar-refractivity contribution in [2.75, 3.05) is 6.54 Å². The number of carbonyl (C=O) groups excluding carboxylic acids is 1. The third-order valence-electron chi connectivity index (χ3n) is 4.84. The summed E-state index contributed by atoms with van der Waals surface area (Å²) in [5.41, 5.74) is 0.409. The largest absolute Gasteiger partial charge is 0.335 e. The Hall–Kier alpha value is -1.64. The van der Waals surface area contributed by atoms with Crippen molar-refractivity contribution in [1.29, 1.82) is 0 Å². The lowest BCUT2D eigenvalue weighted by atomic mass is 9.65. The monoisotopic (exact) mass is 273 g/mol. The molecule has 106 valence electrons. The average Bonchev–Trinajstić information content (AvgIpc) is 2.35. The number of hydrogen-bond acceptors (Lipinski definition) is 1. The number of rotatable bonds is 4. The van der Waals surface area contributed by atoms with Crippen LogP contribution in [0.2, 0.25) is 0 Å². The van der Waals surface area contributed by atoms with E-state index in [1.54, 1.807) is 12.1 Å². The second-order valence-electron chi connectivity index (χ2n) is 5.95. The van der Waals surface area contributed by atoms with Crippen LogP contribution >= 0.6 is 0 Å². The third-order valence-corrected chi connectivity index (χ3v) is 4.84. The maximum atomic E-state index is 13.9. The van der Waals surface area contributed by atoms with Crippen LogP contribution < -0.4 is 0 Å². The zero-order valence-electron chi connectivity index (χ0n) is 11.6. The predicted molar refractivity (Wildman–Crippen MR) is 76.6 cm³/mol. The lowest BCUT2D eigenvalue weighted by Gasteiger charge is -2.50. The molecule has 1 aliphatic carbocycles. The van der Waals surface area contributed by atoms with Crippen LogP contribution in [0.25, 0.3) is 0 Å². The number of carbonyl (C=O) groups is 1. The highest BCUT2D eigenvalue weighted by atomic mass is 19.1. The summed E-state index contributed by atoms with van der Waals surface area (Å²) in [6, 6.07) is 6.71. The van der Waals surface area contributed by atoms with Gasteiger partial charge in [0.2, 0.25) is 5.91 Å². The van der Waals surface area contributed by atoms with Gasteiger partial charge in [-0.3, -0.25) is 4.79 Å². The first kappa shape index (κ1) is 13.3. The van der Waals surface area contributed by atoms with Crippen molar-refractivity contribution >= 4 is 5.91 Å². The van der Waals surface area contributed by atoms with Crippen LogP contribution in [0.15, 0.2) is 36.9 Å². The molecule has 2 nitrogen and oxygen atoms in total. The van der Waals surface area contributed by atoms with Crippen molar-refractivity contribution in [2.24, 2.45) is 5.41 Å². The van der Waals surface area contributed by atoms with Gasteiger partial charge in [-0.1, -0.05) is 30.7 Å². The van der Waals surface area contributed by atoms with Crippen LogP contribution in [-0.4, -0.2) is 17.4 Å². The summed E-state index contributed by atoms with van der Waals surface area (Å²) in [6.45, 7) is 4.52. The van der Waals surface area contributed by atoms with Gasteiger partial charge in [0.15, 0.2) is 0 Å². The lowest BCUT2D eigenvalue weighted by Crippen LogP contribution is -2.54. The van der Waals surface area contributed by atoms with Crippen LogP contribution in [-0.2, 0) is 4.79 Å². The van der Waals surface area contributed by atoms with Gasteiger partial charge < -0.3 is 4.90 Å². The quantitative estimate of drug-likeness (QED) is 0.763. The van der Waals surface area contributed by atoms with Crippen LogP contribution in [0.5, 0.6) is 0 Å². The topological polar surface area (TPSA) is 20.3 Å². The van der Waals surface area contributed by atoms with Gasteiger partial charge in [0.05, 0.1) is 11.5 Å². The molecule has 1 saturated heterocycles. The molecule has 0 radical (unpaired) electrons. The number of halogens is 1. The van der Waals surface area contributed by atoms with Gasteiger partial charge in [-0.05, 0) is 31.7 Å². The van der Waals surface area contributed by atoms with Crippen molar-refractivity contribution in [3.63, 3.8) is 0 Å². The van der Waals surface area contributed by atoms with Gasteiger partial charge in [-0.25, -0.2) is 4.39 Å². The predicted octanol–water partition coefficient (Wildman–Crippen LogP) is 3.85. The van der Waals surface area contributed by atoms with E-state index in [4.69, 9.17) is 0 Å². The van der Waals surface area contributed by atoms with Crippen molar-refractivity contribution in [3.8, 4) is 0 Å². The third kappa shape index (κ3) is 1.96. The molecule has 3 rings (SSSR count). The molecule has 1 unspecified atom stereocenters. The summed E-state index contributed by atoms with van der Waals surface area (Å²) in [6.07, 6.45) is 6.44. The first-order chi connectivity index (χ1) is 9.68. The fourth-order valence-electron chi connectivity index (χ4n) is 3.39. The first-order valence-electron chi connectivity index (χ1n) is 7.34. The van der Waals surface area contributed by atoms with Crippen LogP contribution in [0.4, 0.5) is 4.39 Å². The lowest BCUT2D eigenvalue weighted by molar-refractivity contribution is -0.156. The normalized spacial score (nSPS) is 23.6. The first-order valence-corrected chi connectivity index (χ1v) is 7.34. The zero-order valence-corrected chi connectivity index (χ0v) is 11.6. The number of allylic oxidation sites excluding steroid dienone is 1. The molecule has 1 atom stereocenters. The zero-order chi connectivity index (χ0) is 14.2. The van der Waals surface area contributed by atoms with Gasteiger partial charge in [0.25, 0.3) is 0 Å². The Morgan fingerprint density at radius 3 is 2.70 bits per heavy atom. The molecule has 0 bridgehead atoms. The minimum absolute atomic E-state index is 0.0778. The molecule has 1 aliphatic heterocycles. The molecular weight excluding hydrogens is 253 g/mol. The minimum atomic E-state index is -0.244. The van der Waals surface area contributed by atoms with Crippen molar-refractivity contribution in [2.45, 2.75) is 38.1 Å². The molecule has 2 fully saturated rings. The minimum Gasteiger partial charge on any atom is -0.335 e. The van der Waals surface area contributed by atoms with E-state index in [0.717, 1.165) is 38.6 Å². The van der Waals surface area contributed by atoms with E-state index >= 15 is 0 Å². The Kier molecular flexibility index (Phi) is 3.36. The Morgan fingerprint density at radius 1 is 1.45 bits per heavy atom. The van der Waals surface area contributed by atoms with Crippen molar-refractivity contribution in [3.05, 3.63) is 48.3 Å². The van der Waals surface area contributed by atoms with E-state index in [2.05, 4.69) is 6.58 Å². The van der Waals surface area contributed by atoms with Gasteiger partial charge >= 0.3 is 0 Å². The maximum Gasteiger partial charge on any atom is 0.229 e. The van der Waals surface area contributed by atoms with E-state index in [1.165, 1.54) is 6.07 Å². The molecule has 20 heavy (non-hydrogen) atoms. The molecule has 2 aliphatic rings. The van der Waals surface area contributed by atoms with Gasteiger partial charge in [0, 0.05) is 12.1 Å². The van der Waals surface area contributed by atoms with Gasteiger partial charge in [-0.15, -0.1) is 6.58 Å². The second-order valence-corrected chi connectivity index (χ2v) is 5.95. The van der Waals surface area contributed by atoms with E-state index < -0.39 is 0 Å². The highest BCUT2D eigenvalue weighted by Gasteiger charge is 2.49. The Balaban J connectivity index is 1.80. The summed E-state index contributed by atoms with van der Waals surface area (Å²) in [7, 11) is 0. The van der Waals surface area contributed by atoms with E-state index in [9.17, 15) is 9.18 Å². The summed E-state index contributed by atoms with van der Waals surface area (Å²) >= 11 is 0. The van der Waals surface area contributed by atoms with E-state index in [1.807, 2.05) is 17.0 Å². The highest BCUT2D eigenvalue weighted by Crippen LogP contribution is 2.49. The van der Waals surface area contributed by atoms with Crippen molar-refractivity contribution in [1.82, 2.24) is 4.90 Å². The summed E-state index contributed by atoms with van der Waals surface area (Å²) in [5, 5.41) is 0. The summed E-state index contributed by atoms with van der Waals surface area (Å²) in [4.78, 5) is 14.6. The fraction of sp³-hybridized carbons (Fsp3) is 0.471. The SMILES string of the molecule is C=CCC1(C(=O)N2CCC2c2ccccc2F)CCC1. The number of amides is 1. The highest BCUT2D eigenvalue weighted by molar-refractivity contribution is 5.85. The molecule has 3 heteroatoms. The molecule has 1 amide bonds. The Morgan fingerprint density at radius 2 is 2.20 bits per heavy atom. The number of hydrogen-bond donors (Lipinski definition) is 0. The van der Waals surface area contributed by atoms with Crippen LogP contribution in [0.3, 0.4) is 0 Å². The molecule has 1 heterocycles. The number of benzene rings is 1. The summed E-state index contributed by atoms with van der Waals surface area (Å²) < 4.78 is 13.9. The van der Waals surface area contributed by atoms with E-state index in [-0.39, 0.29) is 23.2 Å². The molecule has 0 spiro atoms. The fourth-order valence-corrected chi connectivity index (χ4v) is 3.39. The molecule has 1 saturated carbocycles. The average molecular weight is 273 g/mol. The molecule has 1 aromatic carbocycles. The van der Waals surface area contributed by atoms with Crippen LogP contribution in [0, 0.1) is 11.2 Å². The second kappa shape index (κ2) is 5.04. The maximum absolute atomic E-state index is 13.9. The number of likely N-dealkylation sites (tertiary alicyclic amines) is 1. The molecule has 0 aromatic heterocycles. The molecule has 1 aromatic rings. The number of nitrogens with zero attached hydrogens (tertiary/aromatic N) is 1. The smallest absolute Gasteiger partial charge is 0.229 e. The Labute approximate surface area is 119 Å². The van der Waals surface area contributed by atoms with Crippen molar-refractivity contribution < 1.29 is 9.18 Å². The molecule has 0 N–H and O–H groups in total. The van der Waals surface area contributed by atoms with E-state index in [0.29, 0.717) is 5.56 Å². The Bertz CT molecular complexity index is 536. The van der Waals surface area contributed by atoms with Gasteiger partial charge in [0.1, 0.15) is 5.82 Å². The molecular formula is C17H20FNO. The van der Waals surface area contributed by atoms with Gasteiger partial charge in [-0.2, -0.15) is 0 Å². The van der Waals surface area contributed by atoms with Crippen LogP contribution in [0.1, 0.15) is 43.7 Å².